The van der Waals surface area contributed by atoms with E-state index in [9.17, 15) is 4.79 Å². The number of hydrogen-bond donors (Lipinski definition) is 1. The molecule has 0 radical (unpaired) electrons. The zero-order chi connectivity index (χ0) is 12.6. The quantitative estimate of drug-likeness (QED) is 0.444. The molecule has 0 amide bonds. The third-order valence-electron chi connectivity index (χ3n) is 2.72. The Labute approximate surface area is 97.1 Å². The molecule has 0 aromatic rings. The van der Waals surface area contributed by atoms with Gasteiger partial charge in [-0.3, -0.25) is 0 Å². The van der Waals surface area contributed by atoms with Crippen molar-refractivity contribution in [3.63, 3.8) is 0 Å². The van der Waals surface area contributed by atoms with E-state index in [0.29, 0.717) is 0 Å². The SMILES string of the molecule is CC1(C)O[C@@H]2[C@H](O1)[C@@H](C(=O)O)O[C@@H]2CN=[N+]=[N-]. The van der Waals surface area contributed by atoms with Crippen LogP contribution >= 0.6 is 0 Å². The van der Waals surface area contributed by atoms with Crippen LogP contribution in [0.3, 0.4) is 0 Å². The van der Waals surface area contributed by atoms with Crippen LogP contribution in [0.4, 0.5) is 0 Å². The topological polar surface area (TPSA) is 114 Å². The van der Waals surface area contributed by atoms with E-state index in [4.69, 9.17) is 24.8 Å². The Morgan fingerprint density at radius 1 is 1.47 bits per heavy atom. The molecule has 0 bridgehead atoms. The third kappa shape index (κ3) is 2.20. The van der Waals surface area contributed by atoms with Gasteiger partial charge < -0.3 is 19.3 Å². The van der Waals surface area contributed by atoms with E-state index >= 15 is 0 Å². The summed E-state index contributed by atoms with van der Waals surface area (Å²) >= 11 is 0. The number of nitrogens with zero attached hydrogens (tertiary/aromatic N) is 3. The van der Waals surface area contributed by atoms with Crippen LogP contribution in [0.2, 0.25) is 0 Å². The average Bonchev–Trinajstić information content (AvgIpc) is 2.68. The predicted molar refractivity (Wildman–Crippen MR) is 54.1 cm³/mol. The van der Waals surface area contributed by atoms with Gasteiger partial charge in [0.2, 0.25) is 0 Å². The third-order valence-corrected chi connectivity index (χ3v) is 2.72. The number of rotatable bonds is 3. The summed E-state index contributed by atoms with van der Waals surface area (Å²) < 4.78 is 16.3. The van der Waals surface area contributed by atoms with Crippen molar-refractivity contribution < 1.29 is 24.1 Å². The Morgan fingerprint density at radius 2 is 2.12 bits per heavy atom. The summed E-state index contributed by atoms with van der Waals surface area (Å²) in [4.78, 5) is 13.6. The number of ether oxygens (including phenoxy) is 3. The summed E-state index contributed by atoms with van der Waals surface area (Å²) in [5.41, 5.74) is 8.26. The number of hydrogen-bond acceptors (Lipinski definition) is 5. The highest BCUT2D eigenvalue weighted by atomic mass is 16.8. The molecule has 0 saturated carbocycles. The molecule has 8 nitrogen and oxygen atoms in total. The second kappa shape index (κ2) is 4.15. The van der Waals surface area contributed by atoms with Crippen molar-refractivity contribution in [3.8, 4) is 0 Å². The first kappa shape index (κ1) is 12.1. The van der Waals surface area contributed by atoms with Crippen LogP contribution in [0.25, 0.3) is 10.4 Å². The van der Waals surface area contributed by atoms with Gasteiger partial charge in [-0.1, -0.05) is 5.11 Å². The monoisotopic (exact) mass is 243 g/mol. The molecule has 0 unspecified atom stereocenters. The smallest absolute Gasteiger partial charge is 0.335 e. The van der Waals surface area contributed by atoms with E-state index in [0.717, 1.165) is 0 Å². The lowest BCUT2D eigenvalue weighted by Crippen LogP contribution is -2.35. The van der Waals surface area contributed by atoms with Crippen LogP contribution < -0.4 is 0 Å². The minimum atomic E-state index is -1.11. The molecule has 2 aliphatic heterocycles. The molecule has 2 saturated heterocycles. The molecule has 0 spiro atoms. The summed E-state index contributed by atoms with van der Waals surface area (Å²) in [7, 11) is 0. The molecule has 4 atom stereocenters. The van der Waals surface area contributed by atoms with E-state index in [2.05, 4.69) is 10.0 Å². The molecule has 2 fully saturated rings. The second-order valence-corrected chi connectivity index (χ2v) is 4.41. The van der Waals surface area contributed by atoms with E-state index in [1.54, 1.807) is 13.8 Å². The number of carboxylic acids is 1. The van der Waals surface area contributed by atoms with Crippen LogP contribution in [0.15, 0.2) is 5.11 Å². The molecule has 94 valence electrons. The van der Waals surface area contributed by atoms with E-state index in [1.165, 1.54) is 0 Å². The number of azide groups is 1. The van der Waals surface area contributed by atoms with Crippen molar-refractivity contribution in [2.75, 3.05) is 6.54 Å². The summed E-state index contributed by atoms with van der Waals surface area (Å²) in [6.07, 6.45) is -2.85. The first-order chi connectivity index (χ1) is 7.94. The highest BCUT2D eigenvalue weighted by Gasteiger charge is 2.57. The molecule has 0 aromatic carbocycles. The van der Waals surface area contributed by atoms with Gasteiger partial charge in [-0.05, 0) is 19.4 Å². The van der Waals surface area contributed by atoms with Gasteiger partial charge >= 0.3 is 5.97 Å². The lowest BCUT2D eigenvalue weighted by Gasteiger charge is -2.22. The van der Waals surface area contributed by atoms with Crippen LogP contribution in [0, 0.1) is 0 Å². The maximum Gasteiger partial charge on any atom is 0.335 e. The zero-order valence-corrected chi connectivity index (χ0v) is 9.44. The minimum absolute atomic E-state index is 0.0287. The molecule has 0 aliphatic carbocycles. The molecule has 8 heteroatoms. The predicted octanol–water partition coefficient (Wildman–Crippen LogP) is 0.669. The molecular formula is C9H13N3O5. The Balaban J connectivity index is 2.17. The van der Waals surface area contributed by atoms with Gasteiger partial charge in [0.15, 0.2) is 11.9 Å². The van der Waals surface area contributed by atoms with Gasteiger partial charge in [-0.15, -0.1) is 0 Å². The van der Waals surface area contributed by atoms with Gasteiger partial charge in [-0.25, -0.2) is 4.79 Å². The minimum Gasteiger partial charge on any atom is -0.479 e. The van der Waals surface area contributed by atoms with Gasteiger partial charge in [0.25, 0.3) is 0 Å². The summed E-state index contributed by atoms with van der Waals surface area (Å²) in [6, 6.07) is 0. The van der Waals surface area contributed by atoms with Crippen LogP contribution in [0.1, 0.15) is 13.8 Å². The van der Waals surface area contributed by atoms with Crippen molar-refractivity contribution in [1.29, 1.82) is 0 Å². The van der Waals surface area contributed by atoms with Gasteiger partial charge in [-0.2, -0.15) is 0 Å². The van der Waals surface area contributed by atoms with Crippen molar-refractivity contribution >= 4 is 5.97 Å². The number of carboxylic acid groups (broad SMARTS) is 1. The Morgan fingerprint density at radius 3 is 2.71 bits per heavy atom. The van der Waals surface area contributed by atoms with Crippen LogP contribution in [-0.4, -0.2) is 47.8 Å². The normalized spacial score (nSPS) is 38.5. The Kier molecular flexibility index (Phi) is 2.96. The molecular weight excluding hydrogens is 230 g/mol. The first-order valence-corrected chi connectivity index (χ1v) is 5.19. The first-order valence-electron chi connectivity index (χ1n) is 5.19. The molecule has 2 heterocycles. The molecule has 0 aromatic heterocycles. The Hall–Kier alpha value is -1.34. The number of fused-ring (bicyclic) bond motifs is 1. The maximum absolute atomic E-state index is 11.0. The largest absolute Gasteiger partial charge is 0.479 e. The lowest BCUT2D eigenvalue weighted by molar-refractivity contribution is -0.193. The van der Waals surface area contributed by atoms with E-state index < -0.39 is 36.2 Å². The lowest BCUT2D eigenvalue weighted by atomic mass is 10.1. The van der Waals surface area contributed by atoms with Crippen LogP contribution in [0.5, 0.6) is 0 Å². The zero-order valence-electron chi connectivity index (χ0n) is 9.44. The van der Waals surface area contributed by atoms with E-state index in [-0.39, 0.29) is 6.54 Å². The summed E-state index contributed by atoms with van der Waals surface area (Å²) in [5.74, 6) is -1.95. The highest BCUT2D eigenvalue weighted by Crippen LogP contribution is 2.38. The van der Waals surface area contributed by atoms with Gasteiger partial charge in [0.1, 0.15) is 12.2 Å². The maximum atomic E-state index is 11.0. The molecule has 17 heavy (non-hydrogen) atoms. The van der Waals surface area contributed by atoms with Crippen molar-refractivity contribution in [1.82, 2.24) is 0 Å². The fourth-order valence-electron chi connectivity index (χ4n) is 2.14. The summed E-state index contributed by atoms with van der Waals surface area (Å²) in [6.45, 7) is 3.44. The fraction of sp³-hybridized carbons (Fsp3) is 0.889. The average molecular weight is 243 g/mol. The fourth-order valence-corrected chi connectivity index (χ4v) is 2.14. The molecule has 2 aliphatic rings. The standard InChI is InChI=1S/C9H13N3O5/c1-9(2)16-5-4(3-11-12-10)15-7(8(13)14)6(5)17-9/h4-7H,3H2,1-2H3,(H,13,14)/t4-,5+,6+,7+/m1/s1. The number of aliphatic carboxylic acids is 1. The second-order valence-electron chi connectivity index (χ2n) is 4.41. The van der Waals surface area contributed by atoms with Crippen molar-refractivity contribution in [3.05, 3.63) is 10.4 Å². The molecule has 1 N–H and O–H groups in total. The molecule has 2 rings (SSSR count). The van der Waals surface area contributed by atoms with E-state index in [1.807, 2.05) is 0 Å². The van der Waals surface area contributed by atoms with Gasteiger partial charge in [0.05, 0.1) is 12.6 Å². The highest BCUT2D eigenvalue weighted by molar-refractivity contribution is 5.74. The number of carbonyl (C=O) groups is 1. The van der Waals surface area contributed by atoms with Crippen molar-refractivity contribution in [2.45, 2.75) is 44.1 Å². The summed E-state index contributed by atoms with van der Waals surface area (Å²) in [5, 5.41) is 12.4. The Bertz CT molecular complexity index is 379. The van der Waals surface area contributed by atoms with Crippen LogP contribution in [-0.2, 0) is 19.0 Å². The van der Waals surface area contributed by atoms with Gasteiger partial charge in [0, 0.05) is 4.91 Å². The van der Waals surface area contributed by atoms with Crippen molar-refractivity contribution in [2.24, 2.45) is 5.11 Å².